The predicted molar refractivity (Wildman–Crippen MR) is 97.5 cm³/mol. The number of hydrogen-bond acceptors (Lipinski definition) is 6. The Balaban J connectivity index is 1.33. The molecule has 2 aromatic rings. The van der Waals surface area contributed by atoms with Gasteiger partial charge in [-0.15, -0.1) is 0 Å². The molecule has 0 spiro atoms. The molecule has 1 aliphatic rings. The number of nitrogens with one attached hydrogen (secondary N) is 3. The van der Waals surface area contributed by atoms with Crippen molar-refractivity contribution in [2.45, 2.75) is 19.5 Å². The zero-order chi connectivity index (χ0) is 17.3. The Morgan fingerprint density at radius 3 is 2.68 bits per heavy atom. The van der Waals surface area contributed by atoms with E-state index in [9.17, 15) is 0 Å². The van der Waals surface area contributed by atoms with Gasteiger partial charge >= 0.3 is 0 Å². The minimum atomic E-state index is 0.471. The van der Waals surface area contributed by atoms with Gasteiger partial charge in [-0.05, 0) is 24.6 Å². The zero-order valence-electron chi connectivity index (χ0n) is 14.6. The van der Waals surface area contributed by atoms with Gasteiger partial charge in [-0.1, -0.05) is 24.3 Å². The highest BCUT2D eigenvalue weighted by Crippen LogP contribution is 2.10. The van der Waals surface area contributed by atoms with E-state index in [1.165, 1.54) is 0 Å². The van der Waals surface area contributed by atoms with Crippen molar-refractivity contribution < 1.29 is 9.47 Å². The third kappa shape index (κ3) is 5.70. The van der Waals surface area contributed by atoms with Crippen LogP contribution in [0.1, 0.15) is 12.5 Å². The first-order valence-corrected chi connectivity index (χ1v) is 8.76. The van der Waals surface area contributed by atoms with Gasteiger partial charge in [0, 0.05) is 43.9 Å². The maximum atomic E-state index is 5.61. The number of rotatable bonds is 9. The summed E-state index contributed by atoms with van der Waals surface area (Å²) in [5.41, 5.74) is 7.57. The number of ether oxygens (including phenoxy) is 2. The van der Waals surface area contributed by atoms with E-state index in [-0.39, 0.29) is 0 Å². The molecule has 1 aromatic carbocycles. The average Bonchev–Trinajstić information content (AvgIpc) is 3.06. The maximum Gasteiger partial charge on any atom is 0.213 e. The highest BCUT2D eigenvalue weighted by molar-refractivity contribution is 5.21. The van der Waals surface area contributed by atoms with E-state index in [0.29, 0.717) is 31.1 Å². The van der Waals surface area contributed by atoms with Gasteiger partial charge in [0.2, 0.25) is 5.88 Å². The second-order valence-corrected chi connectivity index (χ2v) is 6.22. The zero-order valence-corrected chi connectivity index (χ0v) is 14.6. The summed E-state index contributed by atoms with van der Waals surface area (Å²) < 4.78 is 11.2. The molecule has 1 saturated heterocycles. The van der Waals surface area contributed by atoms with Crippen LogP contribution in [0.2, 0.25) is 0 Å². The molecule has 0 amide bonds. The molecular formula is C19H26N4O2. The Morgan fingerprint density at radius 2 is 1.96 bits per heavy atom. The van der Waals surface area contributed by atoms with Crippen molar-refractivity contribution in [2.75, 3.05) is 26.3 Å². The fraction of sp³-hybridized carbons (Fsp3) is 0.421. The van der Waals surface area contributed by atoms with E-state index in [4.69, 9.17) is 9.47 Å². The summed E-state index contributed by atoms with van der Waals surface area (Å²) >= 11 is 0. The number of hydrogen-bond donors (Lipinski definition) is 3. The highest BCUT2D eigenvalue weighted by atomic mass is 16.5. The molecule has 1 aromatic heterocycles. The van der Waals surface area contributed by atoms with Crippen LogP contribution in [0.15, 0.2) is 48.7 Å². The van der Waals surface area contributed by atoms with Crippen LogP contribution in [0.4, 0.5) is 0 Å². The van der Waals surface area contributed by atoms with E-state index < -0.39 is 0 Å². The van der Waals surface area contributed by atoms with Gasteiger partial charge in [-0.3, -0.25) is 10.9 Å². The largest absolute Gasteiger partial charge is 0.490 e. The fourth-order valence-corrected chi connectivity index (χ4v) is 2.72. The van der Waals surface area contributed by atoms with Crippen molar-refractivity contribution in [2.24, 2.45) is 5.92 Å². The van der Waals surface area contributed by atoms with Crippen molar-refractivity contribution in [3.63, 3.8) is 0 Å². The van der Waals surface area contributed by atoms with Gasteiger partial charge in [0.25, 0.3) is 0 Å². The van der Waals surface area contributed by atoms with Gasteiger partial charge in [0.05, 0.1) is 0 Å². The molecule has 3 N–H and O–H groups in total. The quantitative estimate of drug-likeness (QED) is 0.603. The smallest absolute Gasteiger partial charge is 0.213 e. The topological polar surface area (TPSA) is 67.4 Å². The first-order valence-electron chi connectivity index (χ1n) is 8.76. The number of benzene rings is 1. The van der Waals surface area contributed by atoms with Crippen molar-refractivity contribution >= 4 is 0 Å². The van der Waals surface area contributed by atoms with Gasteiger partial charge in [0.1, 0.15) is 19.0 Å². The van der Waals surface area contributed by atoms with Crippen LogP contribution in [-0.2, 0) is 6.54 Å². The third-order valence-electron chi connectivity index (χ3n) is 4.28. The Bertz CT molecular complexity index is 621. The summed E-state index contributed by atoms with van der Waals surface area (Å²) in [5, 5.41) is 3.48. The van der Waals surface area contributed by atoms with Crippen molar-refractivity contribution in [1.29, 1.82) is 0 Å². The summed E-state index contributed by atoms with van der Waals surface area (Å²) in [6, 6.07) is 14.2. The first-order chi connectivity index (χ1) is 12.3. The van der Waals surface area contributed by atoms with E-state index in [0.717, 1.165) is 30.9 Å². The van der Waals surface area contributed by atoms with Crippen molar-refractivity contribution in [3.8, 4) is 11.6 Å². The third-order valence-corrected chi connectivity index (χ3v) is 4.28. The second-order valence-electron chi connectivity index (χ2n) is 6.22. The normalized spacial score (nSPS) is 19.7. The lowest BCUT2D eigenvalue weighted by atomic mass is 10.0. The summed E-state index contributed by atoms with van der Waals surface area (Å²) in [4.78, 5) is 4.35. The number of pyridine rings is 1. The number of para-hydroxylation sites is 1. The molecule has 0 aliphatic carbocycles. The molecule has 25 heavy (non-hydrogen) atoms. The summed E-state index contributed by atoms with van der Waals surface area (Å²) in [6.45, 7) is 5.96. The molecule has 0 bridgehead atoms. The summed E-state index contributed by atoms with van der Waals surface area (Å²) in [6.07, 6.45) is 1.86. The molecule has 1 aliphatic heterocycles. The lowest BCUT2D eigenvalue weighted by Gasteiger charge is -2.14. The van der Waals surface area contributed by atoms with Gasteiger partial charge in [-0.25, -0.2) is 4.98 Å². The van der Waals surface area contributed by atoms with Crippen LogP contribution in [0.5, 0.6) is 11.6 Å². The van der Waals surface area contributed by atoms with Gasteiger partial charge in [0.15, 0.2) is 0 Å². The molecule has 2 unspecified atom stereocenters. The van der Waals surface area contributed by atoms with Gasteiger partial charge in [-0.2, -0.15) is 0 Å². The molecule has 6 nitrogen and oxygen atoms in total. The van der Waals surface area contributed by atoms with E-state index >= 15 is 0 Å². The van der Waals surface area contributed by atoms with Gasteiger partial charge < -0.3 is 14.8 Å². The fourth-order valence-electron chi connectivity index (χ4n) is 2.72. The molecule has 0 saturated carbocycles. The second kappa shape index (κ2) is 9.36. The van der Waals surface area contributed by atoms with Crippen LogP contribution in [0.25, 0.3) is 0 Å². The summed E-state index contributed by atoms with van der Waals surface area (Å²) in [7, 11) is 0. The van der Waals surface area contributed by atoms with E-state index in [1.807, 2.05) is 48.7 Å². The van der Waals surface area contributed by atoms with Crippen LogP contribution in [-0.4, -0.2) is 37.3 Å². The summed E-state index contributed by atoms with van der Waals surface area (Å²) in [5.74, 6) is 2.08. The van der Waals surface area contributed by atoms with E-state index in [1.54, 1.807) is 0 Å². The van der Waals surface area contributed by atoms with Crippen LogP contribution < -0.4 is 25.6 Å². The minimum Gasteiger partial charge on any atom is -0.490 e. The number of aromatic nitrogens is 1. The Labute approximate surface area is 148 Å². The van der Waals surface area contributed by atoms with E-state index in [2.05, 4.69) is 28.1 Å². The van der Waals surface area contributed by atoms with Crippen molar-refractivity contribution in [3.05, 3.63) is 54.2 Å². The molecule has 6 heteroatoms. The molecule has 1 fully saturated rings. The van der Waals surface area contributed by atoms with Crippen LogP contribution >= 0.6 is 0 Å². The predicted octanol–water partition coefficient (Wildman–Crippen LogP) is 1.74. The maximum absolute atomic E-state index is 5.61. The molecule has 0 radical (unpaired) electrons. The Kier molecular flexibility index (Phi) is 6.62. The SMILES string of the molecule is CC1NNCC1CNCc1ccc(OCCOc2ccccc2)nc1. The Hall–Kier alpha value is -2.15. The lowest BCUT2D eigenvalue weighted by molar-refractivity contribution is 0.212. The van der Waals surface area contributed by atoms with Crippen LogP contribution in [0.3, 0.4) is 0 Å². The average molecular weight is 342 g/mol. The standard InChI is InChI=1S/C19H26N4O2/c1-15-17(14-22-23-15)13-20-11-16-7-8-19(21-12-16)25-10-9-24-18-5-3-2-4-6-18/h2-8,12,15,17,20,22-23H,9-11,13-14H2,1H3. The lowest BCUT2D eigenvalue weighted by Crippen LogP contribution is -2.32. The molecule has 134 valence electrons. The molecule has 3 rings (SSSR count). The molecular weight excluding hydrogens is 316 g/mol. The molecule has 2 atom stereocenters. The number of nitrogens with zero attached hydrogens (tertiary/aromatic N) is 1. The highest BCUT2D eigenvalue weighted by Gasteiger charge is 2.21. The minimum absolute atomic E-state index is 0.471. The van der Waals surface area contributed by atoms with Crippen molar-refractivity contribution in [1.82, 2.24) is 21.2 Å². The molecule has 2 heterocycles. The first kappa shape index (κ1) is 17.7. The monoisotopic (exact) mass is 342 g/mol. The van der Waals surface area contributed by atoms with Crippen LogP contribution in [0, 0.1) is 5.92 Å². The number of hydrazine groups is 1. The Morgan fingerprint density at radius 1 is 1.12 bits per heavy atom.